The molecule has 0 heterocycles. The van der Waals surface area contributed by atoms with Gasteiger partial charge in [0.15, 0.2) is 0 Å². The van der Waals surface area contributed by atoms with E-state index in [9.17, 15) is 12.6 Å². The van der Waals surface area contributed by atoms with Gasteiger partial charge in [0.25, 0.3) is 0 Å². The first-order valence-corrected chi connectivity index (χ1v) is 1.52. The van der Waals surface area contributed by atoms with Crippen molar-refractivity contribution in [2.24, 2.45) is 0 Å². The Balaban J connectivity index is 0. The quantitative estimate of drug-likeness (QED) is 0.419. The zero-order chi connectivity index (χ0) is 3.58. The average molecular weight is 207 g/mol. The van der Waals surface area contributed by atoms with Gasteiger partial charge in [-0.1, -0.05) is 0 Å². The monoisotopic (exact) mass is 208 g/mol. The number of rotatable bonds is 0. The maximum absolute atomic E-state index is 9.73. The van der Waals surface area contributed by atoms with Crippen molar-refractivity contribution in [2.45, 2.75) is 0 Å². The van der Waals surface area contributed by atoms with E-state index >= 15 is 0 Å². The van der Waals surface area contributed by atoms with Crippen molar-refractivity contribution in [3.05, 3.63) is 0 Å². The molecule has 0 aliphatic rings. The first-order chi connectivity index (χ1) is 1.73. The maximum Gasteiger partial charge on any atom is 0.456 e. The molecule has 0 rings (SSSR count). The molecule has 0 amide bonds. The third-order valence-corrected chi connectivity index (χ3v) is 0. The first-order valence-electron chi connectivity index (χ1n) is 0.507. The SMILES string of the molecule is FP(F)F.[Sn]. The molecular weight excluding hydrogens is 207 g/mol. The Morgan fingerprint density at radius 3 is 1.00 bits per heavy atom. The minimum atomic E-state index is -4.12. The van der Waals surface area contributed by atoms with Crippen molar-refractivity contribution < 1.29 is 12.6 Å². The van der Waals surface area contributed by atoms with Crippen molar-refractivity contribution in [3.63, 3.8) is 0 Å². The number of hydrogen-bond donors (Lipinski definition) is 0. The summed E-state index contributed by atoms with van der Waals surface area (Å²) in [5.41, 5.74) is 0. The Morgan fingerprint density at radius 1 is 1.00 bits per heavy atom. The third-order valence-electron chi connectivity index (χ3n) is 0. The van der Waals surface area contributed by atoms with E-state index in [0.717, 1.165) is 0 Å². The molecule has 0 aromatic rings. The third kappa shape index (κ3) is 44.1. The maximum atomic E-state index is 9.73. The van der Waals surface area contributed by atoms with E-state index in [1.54, 1.807) is 0 Å². The Bertz CT molecular complexity index is 11.6. The van der Waals surface area contributed by atoms with Crippen molar-refractivity contribution in [1.29, 1.82) is 0 Å². The van der Waals surface area contributed by atoms with Crippen LogP contribution in [0, 0.1) is 0 Å². The Labute approximate surface area is 45.8 Å². The Morgan fingerprint density at radius 2 is 1.00 bits per heavy atom. The zero-order valence-corrected chi connectivity index (χ0v) is 5.83. The van der Waals surface area contributed by atoms with Crippen molar-refractivity contribution in [1.82, 2.24) is 0 Å². The summed E-state index contributed by atoms with van der Waals surface area (Å²) >= 11 is 0. The van der Waals surface area contributed by atoms with Crippen molar-refractivity contribution in [2.75, 3.05) is 0 Å². The summed E-state index contributed by atoms with van der Waals surface area (Å²) in [4.78, 5) is 0. The van der Waals surface area contributed by atoms with Crippen LogP contribution in [0.2, 0.25) is 0 Å². The van der Waals surface area contributed by atoms with E-state index in [4.69, 9.17) is 0 Å². The molecule has 0 atom stereocenters. The summed E-state index contributed by atoms with van der Waals surface area (Å²) in [6, 6.07) is 0. The van der Waals surface area contributed by atoms with Gasteiger partial charge < -0.3 is 0 Å². The van der Waals surface area contributed by atoms with Gasteiger partial charge in [-0.2, -0.15) is 12.6 Å². The van der Waals surface area contributed by atoms with E-state index < -0.39 is 8.85 Å². The molecule has 0 saturated carbocycles. The molecule has 0 aliphatic heterocycles. The smallest absolute Gasteiger partial charge is 0.152 e. The van der Waals surface area contributed by atoms with Gasteiger partial charge in [-0.15, -0.1) is 0 Å². The van der Waals surface area contributed by atoms with Crippen molar-refractivity contribution in [3.8, 4) is 0 Å². The molecule has 0 aromatic heterocycles. The van der Waals surface area contributed by atoms with Crippen LogP contribution < -0.4 is 0 Å². The van der Waals surface area contributed by atoms with Crippen LogP contribution in [0.4, 0.5) is 12.6 Å². The van der Waals surface area contributed by atoms with Crippen LogP contribution in [0.3, 0.4) is 0 Å². The van der Waals surface area contributed by atoms with Gasteiger partial charge in [-0.05, 0) is 0 Å². The normalized spacial score (nSPS) is 7.20. The fourth-order valence-corrected chi connectivity index (χ4v) is 0. The van der Waals surface area contributed by atoms with Crippen molar-refractivity contribution >= 4 is 32.8 Å². The van der Waals surface area contributed by atoms with Gasteiger partial charge in [0.1, 0.15) is 0 Å². The average Bonchev–Trinajstić information content (AvgIpc) is 0.811. The van der Waals surface area contributed by atoms with Crippen LogP contribution in [-0.2, 0) is 0 Å². The fraction of sp³-hybridized carbons (Fsp3) is 0. The summed E-state index contributed by atoms with van der Waals surface area (Å²) in [6.45, 7) is 0. The van der Waals surface area contributed by atoms with E-state index in [0.29, 0.717) is 0 Å². The molecule has 30 valence electrons. The molecule has 0 spiro atoms. The molecule has 0 aliphatic carbocycles. The van der Waals surface area contributed by atoms with E-state index in [2.05, 4.69) is 0 Å². The number of hydrogen-bond acceptors (Lipinski definition) is 0. The second-order valence-electron chi connectivity index (χ2n) is 0.192. The second kappa shape index (κ2) is 5.02. The van der Waals surface area contributed by atoms with Gasteiger partial charge in [-0.25, -0.2) is 0 Å². The van der Waals surface area contributed by atoms with Crippen LogP contribution in [0.15, 0.2) is 0 Å². The molecule has 0 unspecified atom stereocenters. The van der Waals surface area contributed by atoms with Gasteiger partial charge >= 0.3 is 8.85 Å². The van der Waals surface area contributed by atoms with Gasteiger partial charge in [0.2, 0.25) is 0 Å². The molecule has 0 saturated heterocycles. The van der Waals surface area contributed by atoms with Crippen LogP contribution in [-0.4, -0.2) is 23.9 Å². The molecular formula is F3PSn. The minimum absolute atomic E-state index is 0. The predicted molar refractivity (Wildman–Crippen MR) is 16.0 cm³/mol. The van der Waals surface area contributed by atoms with Crippen LogP contribution in [0.1, 0.15) is 0 Å². The molecule has 5 heavy (non-hydrogen) atoms. The van der Waals surface area contributed by atoms with Crippen LogP contribution >= 0.6 is 8.85 Å². The van der Waals surface area contributed by atoms with Crippen LogP contribution in [0.5, 0.6) is 0 Å². The van der Waals surface area contributed by atoms with E-state index in [1.807, 2.05) is 0 Å². The van der Waals surface area contributed by atoms with E-state index in [1.165, 1.54) is 0 Å². The van der Waals surface area contributed by atoms with E-state index in [-0.39, 0.29) is 23.9 Å². The molecule has 5 heteroatoms. The first kappa shape index (κ1) is 9.39. The molecule has 0 bridgehead atoms. The summed E-state index contributed by atoms with van der Waals surface area (Å²) in [6.07, 6.45) is 0. The molecule has 0 N–H and O–H groups in total. The summed E-state index contributed by atoms with van der Waals surface area (Å²) in [7, 11) is -4.12. The van der Waals surface area contributed by atoms with Gasteiger partial charge in [0.05, 0.1) is 0 Å². The predicted octanol–water partition coefficient (Wildman–Crippen LogP) is 1.74. The second-order valence-corrected chi connectivity index (χ2v) is 0.575. The minimum Gasteiger partial charge on any atom is -0.152 e. The van der Waals surface area contributed by atoms with Crippen LogP contribution in [0.25, 0.3) is 0 Å². The Hall–Kier alpha value is 1.02. The molecule has 0 aromatic carbocycles. The molecule has 0 nitrogen and oxygen atoms in total. The zero-order valence-electron chi connectivity index (χ0n) is 2.08. The Kier molecular flexibility index (Phi) is 9.42. The largest absolute Gasteiger partial charge is 0.456 e. The van der Waals surface area contributed by atoms with Gasteiger partial charge in [-0.3, -0.25) is 0 Å². The van der Waals surface area contributed by atoms with Gasteiger partial charge in [0, 0.05) is 23.9 Å². The standard InChI is InChI=1S/F3P.Sn/c1-4(2)3;. The molecule has 0 fully saturated rings. The summed E-state index contributed by atoms with van der Waals surface area (Å²) in [5.74, 6) is 0. The molecule has 4 radical (unpaired) electrons. The topological polar surface area (TPSA) is 0 Å². The summed E-state index contributed by atoms with van der Waals surface area (Å²) in [5, 5.41) is 0. The fourth-order valence-electron chi connectivity index (χ4n) is 0. The number of halogens is 3. The summed E-state index contributed by atoms with van der Waals surface area (Å²) < 4.78 is 29.2.